The average molecular weight is 439 g/mol. The number of rotatable bonds is 7. The summed E-state index contributed by atoms with van der Waals surface area (Å²) >= 11 is 0. The van der Waals surface area contributed by atoms with E-state index >= 15 is 0 Å². The zero-order valence-corrected chi connectivity index (χ0v) is 18.5. The van der Waals surface area contributed by atoms with Gasteiger partial charge in [0.1, 0.15) is 11.4 Å². The molecule has 2 aliphatic heterocycles. The first kappa shape index (κ1) is 22.1. The number of nitrogens with one attached hydrogen (secondary N) is 1. The van der Waals surface area contributed by atoms with Gasteiger partial charge in [-0.2, -0.15) is 0 Å². The van der Waals surface area contributed by atoms with Crippen molar-refractivity contribution < 1.29 is 14.5 Å². The number of nitro groups is 1. The van der Waals surface area contributed by atoms with E-state index in [0.29, 0.717) is 11.3 Å². The molecular weight excluding hydrogens is 408 g/mol. The summed E-state index contributed by atoms with van der Waals surface area (Å²) in [5.41, 5.74) is 2.17. The summed E-state index contributed by atoms with van der Waals surface area (Å²) in [5.74, 6) is 0.613. The number of benzene rings is 2. The lowest BCUT2D eigenvalue weighted by atomic mass is 10.0. The molecule has 4 rings (SSSR count). The van der Waals surface area contributed by atoms with Crippen LogP contribution in [0, 0.1) is 10.1 Å². The van der Waals surface area contributed by atoms with Crippen LogP contribution in [0.4, 0.5) is 11.4 Å². The molecule has 0 aliphatic carbocycles. The van der Waals surface area contributed by atoms with Crippen LogP contribution in [0.15, 0.2) is 42.5 Å². The monoisotopic (exact) mass is 438 g/mol. The van der Waals surface area contributed by atoms with E-state index in [1.807, 2.05) is 23.1 Å². The number of ether oxygens (including phenoxy) is 1. The van der Waals surface area contributed by atoms with Gasteiger partial charge in [0.25, 0.3) is 11.6 Å². The van der Waals surface area contributed by atoms with Crippen LogP contribution in [-0.2, 0) is 6.54 Å². The maximum atomic E-state index is 12.8. The lowest BCUT2D eigenvalue weighted by molar-refractivity contribution is -0.384. The van der Waals surface area contributed by atoms with Crippen LogP contribution in [0.1, 0.15) is 41.6 Å². The van der Waals surface area contributed by atoms with E-state index < -0.39 is 0 Å². The Morgan fingerprint density at radius 1 is 1.12 bits per heavy atom. The molecule has 170 valence electrons. The van der Waals surface area contributed by atoms with Gasteiger partial charge in [0, 0.05) is 50.4 Å². The molecule has 0 aromatic heterocycles. The third-order valence-electron chi connectivity index (χ3n) is 6.34. The molecule has 1 amide bonds. The predicted octanol–water partition coefficient (Wildman–Crippen LogP) is 3.60. The highest BCUT2D eigenvalue weighted by Gasteiger charge is 2.25. The van der Waals surface area contributed by atoms with Gasteiger partial charge in [-0.3, -0.25) is 19.8 Å². The SMILES string of the molecule is COc1cccc(CN2CCC(NC(=O)c3ccc(N4CCCC4)c([N+](=O)[O-])c3)CC2)c1. The number of carbonyl (C=O) groups excluding carboxylic acids is 1. The van der Waals surface area contributed by atoms with Crippen molar-refractivity contribution in [3.63, 3.8) is 0 Å². The number of amides is 1. The fourth-order valence-corrected chi connectivity index (χ4v) is 4.57. The van der Waals surface area contributed by atoms with Gasteiger partial charge >= 0.3 is 0 Å². The third-order valence-corrected chi connectivity index (χ3v) is 6.34. The fourth-order valence-electron chi connectivity index (χ4n) is 4.57. The molecule has 2 aromatic rings. The summed E-state index contributed by atoms with van der Waals surface area (Å²) in [5, 5.41) is 14.7. The quantitative estimate of drug-likeness (QED) is 0.525. The number of likely N-dealkylation sites (tertiary alicyclic amines) is 1. The van der Waals surface area contributed by atoms with E-state index in [4.69, 9.17) is 4.74 Å². The van der Waals surface area contributed by atoms with Crippen molar-refractivity contribution in [2.45, 2.75) is 38.3 Å². The van der Waals surface area contributed by atoms with E-state index in [1.54, 1.807) is 19.2 Å². The molecule has 8 heteroatoms. The van der Waals surface area contributed by atoms with Gasteiger partial charge in [0.15, 0.2) is 0 Å². The van der Waals surface area contributed by atoms with Gasteiger partial charge in [-0.1, -0.05) is 12.1 Å². The van der Waals surface area contributed by atoms with Crippen LogP contribution >= 0.6 is 0 Å². The molecule has 0 unspecified atom stereocenters. The largest absolute Gasteiger partial charge is 0.497 e. The summed E-state index contributed by atoms with van der Waals surface area (Å²) in [6, 6.07) is 13.0. The Hall–Kier alpha value is -3.13. The van der Waals surface area contributed by atoms with E-state index in [1.165, 1.54) is 11.6 Å². The highest BCUT2D eigenvalue weighted by molar-refractivity contribution is 5.96. The third kappa shape index (κ3) is 5.19. The lowest BCUT2D eigenvalue weighted by Crippen LogP contribution is -2.44. The van der Waals surface area contributed by atoms with Crippen LogP contribution in [0.3, 0.4) is 0 Å². The van der Waals surface area contributed by atoms with Crippen molar-refractivity contribution in [2.75, 3.05) is 38.2 Å². The summed E-state index contributed by atoms with van der Waals surface area (Å²) < 4.78 is 5.30. The van der Waals surface area contributed by atoms with Gasteiger partial charge in [0.05, 0.1) is 12.0 Å². The number of carbonyl (C=O) groups is 1. The van der Waals surface area contributed by atoms with E-state index in [0.717, 1.165) is 64.2 Å². The summed E-state index contributed by atoms with van der Waals surface area (Å²) in [7, 11) is 1.67. The van der Waals surface area contributed by atoms with Crippen LogP contribution in [0.5, 0.6) is 5.75 Å². The Kier molecular flexibility index (Phi) is 6.90. The smallest absolute Gasteiger partial charge is 0.293 e. The second kappa shape index (κ2) is 9.99. The molecular formula is C24H30N4O4. The number of piperidine rings is 1. The second-order valence-electron chi connectivity index (χ2n) is 8.53. The van der Waals surface area contributed by atoms with Crippen molar-refractivity contribution in [3.8, 4) is 5.75 Å². The number of hydrogen-bond acceptors (Lipinski definition) is 6. The Labute approximate surface area is 188 Å². The fraction of sp³-hybridized carbons (Fsp3) is 0.458. The Morgan fingerprint density at radius 2 is 1.88 bits per heavy atom. The molecule has 2 aromatic carbocycles. The van der Waals surface area contributed by atoms with Crippen LogP contribution < -0.4 is 15.0 Å². The second-order valence-corrected chi connectivity index (χ2v) is 8.53. The van der Waals surface area contributed by atoms with E-state index in [9.17, 15) is 14.9 Å². The Morgan fingerprint density at radius 3 is 2.56 bits per heavy atom. The topological polar surface area (TPSA) is 88.0 Å². The molecule has 0 bridgehead atoms. The van der Waals surface area contributed by atoms with Crippen molar-refractivity contribution in [1.82, 2.24) is 10.2 Å². The van der Waals surface area contributed by atoms with E-state index in [-0.39, 0.29) is 22.6 Å². The van der Waals surface area contributed by atoms with Crippen LogP contribution in [0.2, 0.25) is 0 Å². The lowest BCUT2D eigenvalue weighted by Gasteiger charge is -2.32. The molecule has 0 atom stereocenters. The molecule has 2 saturated heterocycles. The molecule has 8 nitrogen and oxygen atoms in total. The molecule has 2 heterocycles. The Balaban J connectivity index is 1.33. The summed E-state index contributed by atoms with van der Waals surface area (Å²) in [4.78, 5) is 28.4. The van der Waals surface area contributed by atoms with Crippen molar-refractivity contribution in [3.05, 3.63) is 63.7 Å². The number of hydrogen-bond donors (Lipinski definition) is 1. The first-order valence-electron chi connectivity index (χ1n) is 11.2. The predicted molar refractivity (Wildman–Crippen MR) is 123 cm³/mol. The molecule has 1 N–H and O–H groups in total. The highest BCUT2D eigenvalue weighted by Crippen LogP contribution is 2.31. The zero-order valence-electron chi connectivity index (χ0n) is 18.5. The first-order chi connectivity index (χ1) is 15.5. The minimum atomic E-state index is -0.387. The highest BCUT2D eigenvalue weighted by atomic mass is 16.6. The first-order valence-corrected chi connectivity index (χ1v) is 11.2. The minimum absolute atomic E-state index is 0.00709. The number of methoxy groups -OCH3 is 1. The van der Waals surface area contributed by atoms with Gasteiger partial charge in [0.2, 0.25) is 0 Å². The van der Waals surface area contributed by atoms with Gasteiger partial charge in [-0.15, -0.1) is 0 Å². The Bertz CT molecular complexity index is 966. The van der Waals surface area contributed by atoms with Crippen molar-refractivity contribution in [2.24, 2.45) is 0 Å². The molecule has 32 heavy (non-hydrogen) atoms. The van der Waals surface area contributed by atoms with E-state index in [2.05, 4.69) is 16.3 Å². The minimum Gasteiger partial charge on any atom is -0.497 e. The number of anilines is 1. The van der Waals surface area contributed by atoms with Crippen molar-refractivity contribution >= 4 is 17.3 Å². The average Bonchev–Trinajstić information content (AvgIpc) is 3.35. The number of nitrogens with zero attached hydrogens (tertiary/aromatic N) is 3. The van der Waals surface area contributed by atoms with Crippen LogP contribution in [-0.4, -0.2) is 55.1 Å². The molecule has 0 spiro atoms. The molecule has 0 saturated carbocycles. The zero-order chi connectivity index (χ0) is 22.5. The molecule has 2 aliphatic rings. The summed E-state index contributed by atoms with van der Waals surface area (Å²) in [6.45, 7) is 4.26. The number of nitro benzene ring substituents is 1. The van der Waals surface area contributed by atoms with Gasteiger partial charge in [-0.25, -0.2) is 0 Å². The van der Waals surface area contributed by atoms with Crippen molar-refractivity contribution in [1.29, 1.82) is 0 Å². The standard InChI is InChI=1S/C24H30N4O4/c1-32-21-6-4-5-18(15-21)17-26-13-9-20(10-14-26)25-24(29)19-7-8-22(23(16-19)28(30)31)27-11-2-3-12-27/h4-8,15-16,20H,2-3,9-14,17H2,1H3,(H,25,29). The molecule has 0 radical (unpaired) electrons. The van der Waals surface area contributed by atoms with Gasteiger partial charge in [-0.05, 0) is 55.5 Å². The van der Waals surface area contributed by atoms with Crippen LogP contribution in [0.25, 0.3) is 0 Å². The molecule has 2 fully saturated rings. The normalized spacial score (nSPS) is 17.3. The maximum absolute atomic E-state index is 12.8. The maximum Gasteiger partial charge on any atom is 0.293 e. The van der Waals surface area contributed by atoms with Gasteiger partial charge < -0.3 is 15.0 Å². The summed E-state index contributed by atoms with van der Waals surface area (Å²) in [6.07, 6.45) is 3.78.